The Bertz CT molecular complexity index is 209. The highest BCUT2D eigenvalue weighted by Crippen LogP contribution is 2.23. The Labute approximate surface area is 74.2 Å². The van der Waals surface area contributed by atoms with Crippen molar-refractivity contribution in [3.63, 3.8) is 0 Å². The van der Waals surface area contributed by atoms with Crippen molar-refractivity contribution in [2.24, 2.45) is 5.73 Å². The van der Waals surface area contributed by atoms with Crippen LogP contribution in [0.4, 0.5) is 4.79 Å². The Hall–Kier alpha value is -0.750. The molecule has 0 aromatic carbocycles. The molecule has 0 saturated carbocycles. The number of rotatable bonds is 3. The fraction of sp³-hybridized carbons (Fsp3) is 0.667. The van der Waals surface area contributed by atoms with Crippen LogP contribution >= 0.6 is 11.8 Å². The highest BCUT2D eigenvalue weighted by molar-refractivity contribution is 8.13. The lowest BCUT2D eigenvalue weighted by Crippen LogP contribution is -2.43. The van der Waals surface area contributed by atoms with Gasteiger partial charge in [-0.1, -0.05) is 11.8 Å². The van der Waals surface area contributed by atoms with Gasteiger partial charge in [0.1, 0.15) is 6.04 Å². The van der Waals surface area contributed by atoms with E-state index in [9.17, 15) is 9.59 Å². The summed E-state index contributed by atoms with van der Waals surface area (Å²) in [5.41, 5.74) is 5.05. The topological polar surface area (TPSA) is 72.6 Å². The van der Waals surface area contributed by atoms with Crippen molar-refractivity contribution in [3.8, 4) is 0 Å². The smallest absolute Gasteiger partial charge is 0.306 e. The first-order chi connectivity index (χ1) is 5.66. The van der Waals surface area contributed by atoms with Gasteiger partial charge in [0.2, 0.25) is 5.91 Å². The molecule has 0 bridgehead atoms. The number of primary amides is 1. The summed E-state index contributed by atoms with van der Waals surface area (Å²) in [5, 5.41) is 0.799. The fourth-order valence-electron chi connectivity index (χ4n) is 0.888. The van der Waals surface area contributed by atoms with E-state index in [1.165, 1.54) is 0 Å². The number of thioether (sulfide) groups is 1. The third-order valence-corrected chi connectivity index (χ3v) is 2.33. The standard InChI is InChI=1S/C6H10N2O3S/c1-2-11-8-4(5(7)9)3-12-6(8)10/h4H,2-3H2,1H3,(H2,7,9)/t4-/m0/s1. The van der Waals surface area contributed by atoms with Gasteiger partial charge in [-0.3, -0.25) is 14.4 Å². The molecule has 5 nitrogen and oxygen atoms in total. The van der Waals surface area contributed by atoms with Gasteiger partial charge in [-0.05, 0) is 6.92 Å². The minimum absolute atomic E-state index is 0.249. The zero-order valence-electron chi connectivity index (χ0n) is 6.65. The first kappa shape index (κ1) is 9.34. The molecule has 0 aromatic rings. The zero-order chi connectivity index (χ0) is 9.14. The van der Waals surface area contributed by atoms with E-state index < -0.39 is 11.9 Å². The van der Waals surface area contributed by atoms with Crippen LogP contribution in [0.2, 0.25) is 0 Å². The Morgan fingerprint density at radius 2 is 2.58 bits per heavy atom. The summed E-state index contributed by atoms with van der Waals surface area (Å²) in [6, 6.07) is -0.609. The molecule has 0 aromatic heterocycles. The summed E-state index contributed by atoms with van der Waals surface area (Å²) in [6.45, 7) is 2.10. The van der Waals surface area contributed by atoms with Crippen molar-refractivity contribution in [2.75, 3.05) is 12.4 Å². The quantitative estimate of drug-likeness (QED) is 0.677. The molecule has 1 atom stereocenters. The van der Waals surface area contributed by atoms with Gasteiger partial charge in [-0.25, -0.2) is 0 Å². The van der Waals surface area contributed by atoms with Gasteiger partial charge in [-0.15, -0.1) is 0 Å². The number of hydroxylamine groups is 2. The number of carbonyl (C=O) groups excluding carboxylic acids is 2. The lowest BCUT2D eigenvalue weighted by Gasteiger charge is -2.18. The SMILES string of the molecule is CCON1C(=O)SC[C@H]1C(N)=O. The van der Waals surface area contributed by atoms with E-state index in [1.54, 1.807) is 6.92 Å². The first-order valence-electron chi connectivity index (χ1n) is 3.55. The van der Waals surface area contributed by atoms with Crippen molar-refractivity contribution < 1.29 is 14.4 Å². The molecule has 2 N–H and O–H groups in total. The Morgan fingerprint density at radius 1 is 1.92 bits per heavy atom. The molecule has 0 aliphatic carbocycles. The largest absolute Gasteiger partial charge is 0.368 e. The van der Waals surface area contributed by atoms with Crippen LogP contribution in [0.15, 0.2) is 0 Å². The molecule has 0 unspecified atom stereocenters. The van der Waals surface area contributed by atoms with Gasteiger partial charge >= 0.3 is 5.24 Å². The molecule has 12 heavy (non-hydrogen) atoms. The van der Waals surface area contributed by atoms with E-state index in [4.69, 9.17) is 10.6 Å². The summed E-state index contributed by atoms with van der Waals surface area (Å²) in [6.07, 6.45) is 0. The minimum Gasteiger partial charge on any atom is -0.368 e. The fourth-order valence-corrected chi connectivity index (χ4v) is 1.80. The van der Waals surface area contributed by atoms with Crippen LogP contribution in [0.25, 0.3) is 0 Å². The van der Waals surface area contributed by atoms with Gasteiger partial charge in [0, 0.05) is 5.75 Å². The second-order valence-corrected chi connectivity index (χ2v) is 3.21. The second kappa shape index (κ2) is 3.77. The van der Waals surface area contributed by atoms with Crippen LogP contribution in [0.3, 0.4) is 0 Å². The summed E-state index contributed by atoms with van der Waals surface area (Å²) < 4.78 is 0. The number of amides is 2. The van der Waals surface area contributed by atoms with Crippen LogP contribution in [-0.4, -0.2) is 34.6 Å². The van der Waals surface area contributed by atoms with Crippen LogP contribution in [0.5, 0.6) is 0 Å². The highest BCUT2D eigenvalue weighted by Gasteiger charge is 2.36. The molecule has 0 radical (unpaired) electrons. The van der Waals surface area contributed by atoms with Gasteiger partial charge < -0.3 is 5.73 Å². The Balaban J connectivity index is 2.63. The van der Waals surface area contributed by atoms with Gasteiger partial charge in [0.05, 0.1) is 6.61 Å². The molecule has 1 aliphatic rings. The molecule has 1 heterocycles. The third kappa shape index (κ3) is 1.70. The number of nitrogens with two attached hydrogens (primary N) is 1. The maximum atomic E-state index is 11.0. The molecule has 1 aliphatic heterocycles. The minimum atomic E-state index is -0.609. The van der Waals surface area contributed by atoms with E-state index in [2.05, 4.69) is 0 Å². The normalized spacial score (nSPS) is 23.2. The monoisotopic (exact) mass is 190 g/mol. The average molecular weight is 190 g/mol. The van der Waals surface area contributed by atoms with E-state index in [0.717, 1.165) is 16.8 Å². The van der Waals surface area contributed by atoms with Crippen molar-refractivity contribution in [3.05, 3.63) is 0 Å². The summed E-state index contributed by atoms with van der Waals surface area (Å²) in [4.78, 5) is 26.8. The molecule has 2 amide bonds. The Morgan fingerprint density at radius 3 is 3.08 bits per heavy atom. The zero-order valence-corrected chi connectivity index (χ0v) is 7.47. The van der Waals surface area contributed by atoms with Crippen LogP contribution in [0.1, 0.15) is 6.92 Å². The van der Waals surface area contributed by atoms with Crippen LogP contribution in [-0.2, 0) is 9.63 Å². The van der Waals surface area contributed by atoms with Crippen LogP contribution in [0, 0.1) is 0 Å². The van der Waals surface area contributed by atoms with Crippen molar-refractivity contribution >= 4 is 22.9 Å². The molecule has 1 saturated heterocycles. The predicted octanol–water partition coefficient (Wildman–Crippen LogP) is -0.0394. The second-order valence-electron chi connectivity index (χ2n) is 2.24. The number of nitrogens with zero attached hydrogens (tertiary/aromatic N) is 1. The van der Waals surface area contributed by atoms with Crippen molar-refractivity contribution in [1.82, 2.24) is 5.06 Å². The summed E-state index contributed by atoms with van der Waals surface area (Å²) in [7, 11) is 0. The third-order valence-electron chi connectivity index (χ3n) is 1.42. The summed E-state index contributed by atoms with van der Waals surface area (Å²) >= 11 is 1.04. The van der Waals surface area contributed by atoms with E-state index in [0.29, 0.717) is 12.4 Å². The number of hydrogen-bond acceptors (Lipinski definition) is 4. The molecule has 1 rings (SSSR count). The molecular formula is C6H10N2O3S. The summed E-state index contributed by atoms with van der Waals surface area (Å²) in [5.74, 6) is -0.143. The van der Waals surface area contributed by atoms with Crippen molar-refractivity contribution in [2.45, 2.75) is 13.0 Å². The lowest BCUT2D eigenvalue weighted by molar-refractivity contribution is -0.148. The molecule has 68 valence electrons. The number of carbonyl (C=O) groups is 2. The van der Waals surface area contributed by atoms with E-state index >= 15 is 0 Å². The molecule has 1 fully saturated rings. The van der Waals surface area contributed by atoms with E-state index in [-0.39, 0.29) is 5.24 Å². The Kier molecular flexibility index (Phi) is 2.93. The lowest BCUT2D eigenvalue weighted by atomic mass is 10.3. The maximum Gasteiger partial charge on any atom is 0.306 e. The van der Waals surface area contributed by atoms with Crippen molar-refractivity contribution in [1.29, 1.82) is 0 Å². The van der Waals surface area contributed by atoms with Gasteiger partial charge in [-0.2, -0.15) is 5.06 Å². The average Bonchev–Trinajstić information content (AvgIpc) is 2.34. The molecule has 0 spiro atoms. The van der Waals surface area contributed by atoms with Gasteiger partial charge in [0.15, 0.2) is 0 Å². The first-order valence-corrected chi connectivity index (χ1v) is 4.53. The van der Waals surface area contributed by atoms with E-state index in [1.807, 2.05) is 0 Å². The number of hydrogen-bond donors (Lipinski definition) is 1. The predicted molar refractivity (Wildman–Crippen MR) is 44.3 cm³/mol. The van der Waals surface area contributed by atoms with Gasteiger partial charge in [0.25, 0.3) is 0 Å². The van der Waals surface area contributed by atoms with Crippen LogP contribution < -0.4 is 5.73 Å². The molecular weight excluding hydrogens is 180 g/mol. The molecule has 6 heteroatoms. The maximum absolute atomic E-state index is 11.0. The highest BCUT2D eigenvalue weighted by atomic mass is 32.2.